The van der Waals surface area contributed by atoms with Crippen LogP contribution in [0.2, 0.25) is 0 Å². The summed E-state index contributed by atoms with van der Waals surface area (Å²) in [6.07, 6.45) is 3.83. The molecule has 2 bridgehead atoms. The minimum atomic E-state index is -0.437. The van der Waals surface area contributed by atoms with Crippen molar-refractivity contribution in [2.75, 3.05) is 0 Å². The molecule has 0 unspecified atom stereocenters. The monoisotopic (exact) mass is 316 g/mol. The van der Waals surface area contributed by atoms with Gasteiger partial charge in [0.2, 0.25) is 0 Å². The van der Waals surface area contributed by atoms with Gasteiger partial charge in [-0.2, -0.15) is 0 Å². The number of ether oxygens (including phenoxy) is 2. The van der Waals surface area contributed by atoms with Crippen molar-refractivity contribution in [1.82, 2.24) is 0 Å². The number of hydrogen-bond donors (Lipinski definition) is 1. The Morgan fingerprint density at radius 1 is 1.17 bits per heavy atom. The van der Waals surface area contributed by atoms with Gasteiger partial charge in [0.15, 0.2) is 6.29 Å². The smallest absolute Gasteiger partial charge is 0.158 e. The lowest BCUT2D eigenvalue weighted by atomic mass is 9.70. The van der Waals surface area contributed by atoms with E-state index in [1.165, 1.54) is 12.8 Å². The molecule has 1 N–H and O–H groups in total. The second kappa shape index (κ2) is 5.30. The fourth-order valence-corrected chi connectivity index (χ4v) is 5.26. The second-order valence-corrected chi connectivity index (χ2v) is 8.38. The van der Waals surface area contributed by atoms with E-state index in [4.69, 9.17) is 9.47 Å². The molecule has 3 aliphatic rings. The van der Waals surface area contributed by atoms with Crippen molar-refractivity contribution in [3.8, 4) is 0 Å². The van der Waals surface area contributed by atoms with E-state index in [9.17, 15) is 5.11 Å². The molecule has 1 aliphatic heterocycles. The average molecular weight is 316 g/mol. The van der Waals surface area contributed by atoms with E-state index in [1.807, 2.05) is 30.3 Å². The van der Waals surface area contributed by atoms with Crippen molar-refractivity contribution in [2.45, 2.75) is 71.1 Å². The molecule has 3 fully saturated rings. The normalized spacial score (nSPS) is 41.9. The summed E-state index contributed by atoms with van der Waals surface area (Å²) in [5, 5.41) is 10.3. The molecule has 2 aliphatic carbocycles. The molecule has 6 atom stereocenters. The topological polar surface area (TPSA) is 38.7 Å². The lowest BCUT2D eigenvalue weighted by Gasteiger charge is -2.38. The molecule has 1 aromatic rings. The number of fused-ring (bicyclic) bond motifs is 5. The highest BCUT2D eigenvalue weighted by Gasteiger charge is 2.69. The van der Waals surface area contributed by atoms with Gasteiger partial charge in [-0.15, -0.1) is 0 Å². The van der Waals surface area contributed by atoms with Crippen molar-refractivity contribution in [2.24, 2.45) is 16.7 Å². The molecule has 126 valence electrons. The molecule has 3 heteroatoms. The van der Waals surface area contributed by atoms with Crippen LogP contribution in [0.3, 0.4) is 0 Å². The number of rotatable bonds is 4. The first kappa shape index (κ1) is 15.6. The van der Waals surface area contributed by atoms with Crippen LogP contribution in [0.5, 0.6) is 0 Å². The number of hydrogen-bond acceptors (Lipinski definition) is 3. The van der Waals surface area contributed by atoms with Crippen molar-refractivity contribution >= 4 is 0 Å². The average Bonchev–Trinajstić information content (AvgIpc) is 3.11. The first-order valence-corrected chi connectivity index (χ1v) is 8.97. The predicted molar refractivity (Wildman–Crippen MR) is 88.8 cm³/mol. The van der Waals surface area contributed by atoms with E-state index in [0.717, 1.165) is 12.0 Å². The molecule has 0 aromatic heterocycles. The fraction of sp³-hybridized carbons (Fsp3) is 0.700. The Bertz CT molecular complexity index is 570. The largest absolute Gasteiger partial charge is 0.388 e. The number of aliphatic hydroxyl groups is 1. The van der Waals surface area contributed by atoms with Crippen LogP contribution in [-0.2, 0) is 9.47 Å². The van der Waals surface area contributed by atoms with Gasteiger partial charge in [-0.1, -0.05) is 51.1 Å². The molecule has 1 saturated heterocycles. The molecule has 0 radical (unpaired) electrons. The van der Waals surface area contributed by atoms with Gasteiger partial charge in [-0.05, 0) is 36.2 Å². The van der Waals surface area contributed by atoms with Gasteiger partial charge in [-0.25, -0.2) is 0 Å². The summed E-state index contributed by atoms with van der Waals surface area (Å²) >= 11 is 0. The van der Waals surface area contributed by atoms with Crippen LogP contribution in [0.4, 0.5) is 0 Å². The van der Waals surface area contributed by atoms with Crippen molar-refractivity contribution < 1.29 is 14.6 Å². The van der Waals surface area contributed by atoms with E-state index in [-0.39, 0.29) is 23.9 Å². The highest BCUT2D eigenvalue weighted by atomic mass is 16.7. The predicted octanol–water partition coefficient (Wildman–Crippen LogP) is 4.07. The zero-order chi connectivity index (χ0) is 16.2. The summed E-state index contributed by atoms with van der Waals surface area (Å²) in [7, 11) is 0. The maximum atomic E-state index is 10.3. The van der Waals surface area contributed by atoms with E-state index < -0.39 is 6.10 Å². The van der Waals surface area contributed by atoms with Gasteiger partial charge in [0.05, 0.1) is 18.3 Å². The van der Waals surface area contributed by atoms with Crippen molar-refractivity contribution in [1.29, 1.82) is 0 Å². The van der Waals surface area contributed by atoms with Crippen LogP contribution in [0.25, 0.3) is 0 Å². The minimum Gasteiger partial charge on any atom is -0.388 e. The Kier molecular flexibility index (Phi) is 3.60. The Morgan fingerprint density at radius 3 is 2.61 bits per heavy atom. The molecule has 1 aromatic carbocycles. The quantitative estimate of drug-likeness (QED) is 0.910. The van der Waals surface area contributed by atoms with Crippen LogP contribution in [0.1, 0.15) is 58.1 Å². The molecular weight excluding hydrogens is 288 g/mol. The second-order valence-electron chi connectivity index (χ2n) is 8.38. The summed E-state index contributed by atoms with van der Waals surface area (Å²) < 4.78 is 12.6. The Hall–Kier alpha value is -0.900. The maximum Gasteiger partial charge on any atom is 0.158 e. The third-order valence-corrected chi connectivity index (χ3v) is 7.16. The molecule has 23 heavy (non-hydrogen) atoms. The van der Waals surface area contributed by atoms with Gasteiger partial charge >= 0.3 is 0 Å². The number of benzene rings is 1. The highest BCUT2D eigenvalue weighted by molar-refractivity contribution is 5.18. The summed E-state index contributed by atoms with van der Waals surface area (Å²) in [4.78, 5) is 0. The third-order valence-electron chi connectivity index (χ3n) is 7.16. The van der Waals surface area contributed by atoms with Gasteiger partial charge in [0.25, 0.3) is 0 Å². The third kappa shape index (κ3) is 2.20. The molecule has 2 saturated carbocycles. The summed E-state index contributed by atoms with van der Waals surface area (Å²) in [5.74, 6) is 0.613. The van der Waals surface area contributed by atoms with E-state index in [1.54, 1.807) is 0 Å². The molecule has 3 nitrogen and oxygen atoms in total. The van der Waals surface area contributed by atoms with Gasteiger partial charge in [0.1, 0.15) is 0 Å². The first-order chi connectivity index (χ1) is 10.9. The molecule has 0 amide bonds. The van der Waals surface area contributed by atoms with E-state index in [2.05, 4.69) is 20.8 Å². The maximum absolute atomic E-state index is 10.3. The highest BCUT2D eigenvalue weighted by Crippen LogP contribution is 2.68. The van der Waals surface area contributed by atoms with Crippen molar-refractivity contribution in [3.05, 3.63) is 35.9 Å². The zero-order valence-electron chi connectivity index (χ0n) is 14.4. The van der Waals surface area contributed by atoms with Crippen LogP contribution < -0.4 is 0 Å². The van der Waals surface area contributed by atoms with Crippen LogP contribution in [-0.4, -0.2) is 23.6 Å². The van der Waals surface area contributed by atoms with Gasteiger partial charge in [0, 0.05) is 11.8 Å². The number of aliphatic hydroxyl groups excluding tert-OH is 1. The lowest BCUT2D eigenvalue weighted by Crippen LogP contribution is -2.38. The van der Waals surface area contributed by atoms with Gasteiger partial charge in [-0.3, -0.25) is 0 Å². The molecule has 1 heterocycles. The van der Waals surface area contributed by atoms with Crippen LogP contribution >= 0.6 is 0 Å². The molecule has 0 spiro atoms. The Labute approximate surface area is 139 Å². The summed E-state index contributed by atoms with van der Waals surface area (Å²) in [5.41, 5.74) is 1.50. The van der Waals surface area contributed by atoms with E-state index in [0.29, 0.717) is 17.8 Å². The van der Waals surface area contributed by atoms with E-state index >= 15 is 0 Å². The van der Waals surface area contributed by atoms with Crippen LogP contribution in [0, 0.1) is 16.7 Å². The minimum absolute atomic E-state index is 0.153. The molecule has 4 rings (SSSR count). The lowest BCUT2D eigenvalue weighted by molar-refractivity contribution is -0.119. The SMILES string of the molecule is CC1(C)[C@@H]2CC[C@@]1(C)[C@@H]1O[C@H](CC[C@H](O)c3ccccc3)O[C@H]21. The summed E-state index contributed by atoms with van der Waals surface area (Å²) in [6, 6.07) is 9.84. The first-order valence-electron chi connectivity index (χ1n) is 8.97. The fourth-order valence-electron chi connectivity index (χ4n) is 5.26. The Morgan fingerprint density at radius 2 is 1.91 bits per heavy atom. The van der Waals surface area contributed by atoms with Crippen LogP contribution in [0.15, 0.2) is 30.3 Å². The van der Waals surface area contributed by atoms with Crippen molar-refractivity contribution in [3.63, 3.8) is 0 Å². The zero-order valence-corrected chi connectivity index (χ0v) is 14.4. The van der Waals surface area contributed by atoms with Gasteiger partial charge < -0.3 is 14.6 Å². The molecular formula is C20H28O3. The standard InChI is InChI=1S/C20H28O3/c1-19(2)14-11-12-20(19,3)18-17(14)22-16(23-18)10-9-15(21)13-7-5-4-6-8-13/h4-8,14-18,21H,9-12H2,1-3H3/t14-,15+,16-,17-,18-,20+/m1/s1. The Balaban J connectivity index is 1.38. The summed E-state index contributed by atoms with van der Waals surface area (Å²) in [6.45, 7) is 7.13.